The van der Waals surface area contributed by atoms with Gasteiger partial charge in [0.2, 0.25) is 0 Å². The molecule has 8 nitrogen and oxygen atoms in total. The minimum Gasteiger partial charge on any atom is -0.480 e. The Balaban J connectivity index is 5.05. The van der Waals surface area contributed by atoms with Crippen LogP contribution in [-0.4, -0.2) is 60.5 Å². The maximum atomic E-state index is 11.7. The predicted octanol–water partition coefficient (Wildman–Crippen LogP) is -0.878. The first kappa shape index (κ1) is 18.3. The Hall–Kier alpha value is -1.74. The fraction of sp³-hybridized carbons (Fsp3) is 0.636. The van der Waals surface area contributed by atoms with Crippen LogP contribution in [0.5, 0.6) is 0 Å². The summed E-state index contributed by atoms with van der Waals surface area (Å²) in [7, 11) is -1.13. The summed E-state index contributed by atoms with van der Waals surface area (Å²) in [6, 6.07) is 0.417. The highest BCUT2D eigenvalue weighted by Crippen LogP contribution is 2.22. The first-order chi connectivity index (χ1) is 9.06. The summed E-state index contributed by atoms with van der Waals surface area (Å²) < 4.78 is 4.50. The molecule has 114 valence electrons. The van der Waals surface area contributed by atoms with Gasteiger partial charge in [-0.2, -0.15) is 0 Å². The molecule has 0 aromatic carbocycles. The molecule has 0 saturated heterocycles. The van der Waals surface area contributed by atoms with Crippen LogP contribution in [0.2, 0.25) is 19.1 Å². The molecule has 0 heterocycles. The van der Waals surface area contributed by atoms with E-state index in [1.807, 2.05) is 13.1 Å². The van der Waals surface area contributed by atoms with Gasteiger partial charge in [-0.05, 0) is 13.0 Å². The van der Waals surface area contributed by atoms with E-state index in [0.29, 0.717) is 13.0 Å². The molecule has 20 heavy (non-hydrogen) atoms. The monoisotopic (exact) mass is 306 g/mol. The molecule has 0 aliphatic heterocycles. The van der Waals surface area contributed by atoms with Gasteiger partial charge in [0.25, 0.3) is 0 Å². The van der Waals surface area contributed by atoms with Crippen LogP contribution in [0.25, 0.3) is 0 Å². The molecule has 0 aromatic heterocycles. The van der Waals surface area contributed by atoms with Gasteiger partial charge in [-0.3, -0.25) is 4.79 Å². The summed E-state index contributed by atoms with van der Waals surface area (Å²) in [5.74, 6) is -7.30. The number of aliphatic carboxylic acids is 2. The third-order valence-electron chi connectivity index (χ3n) is 2.63. The number of aliphatic hydroxyl groups is 1. The molecule has 0 fully saturated rings. The Morgan fingerprint density at radius 3 is 1.90 bits per heavy atom. The molecular weight excluding hydrogens is 288 g/mol. The molecule has 1 atom stereocenters. The van der Waals surface area contributed by atoms with Gasteiger partial charge in [0, 0.05) is 8.80 Å². The van der Waals surface area contributed by atoms with Gasteiger partial charge in [-0.25, -0.2) is 14.4 Å². The molecule has 0 rings (SSSR count). The van der Waals surface area contributed by atoms with Crippen molar-refractivity contribution in [1.29, 1.82) is 0 Å². The van der Waals surface area contributed by atoms with Crippen LogP contribution in [0.4, 0.5) is 0 Å². The lowest BCUT2D eigenvalue weighted by Gasteiger charge is -2.21. The molecule has 0 aromatic rings. The third kappa shape index (κ3) is 3.87. The van der Waals surface area contributed by atoms with Crippen molar-refractivity contribution in [1.82, 2.24) is 0 Å². The number of carbonyl (C=O) groups is 4. The maximum absolute atomic E-state index is 11.7. The summed E-state index contributed by atoms with van der Waals surface area (Å²) in [5, 5.41) is 27.3. The Morgan fingerprint density at radius 1 is 1.15 bits per heavy atom. The quantitative estimate of drug-likeness (QED) is 0.298. The zero-order valence-corrected chi connectivity index (χ0v) is 12.6. The molecule has 0 aliphatic carbocycles. The molecule has 0 spiro atoms. The van der Waals surface area contributed by atoms with E-state index in [4.69, 9.17) is 10.2 Å². The lowest BCUT2D eigenvalue weighted by atomic mass is 9.84. The Labute approximate surface area is 117 Å². The van der Waals surface area contributed by atoms with E-state index >= 15 is 0 Å². The number of rotatable bonds is 8. The van der Waals surface area contributed by atoms with E-state index in [9.17, 15) is 24.3 Å². The van der Waals surface area contributed by atoms with E-state index in [1.54, 1.807) is 0 Å². The number of hydrogen-bond acceptors (Lipinski definition) is 6. The van der Waals surface area contributed by atoms with Crippen LogP contribution in [0.1, 0.15) is 6.92 Å². The van der Waals surface area contributed by atoms with E-state index in [2.05, 4.69) is 4.74 Å². The topological polar surface area (TPSA) is 138 Å². The third-order valence-corrected chi connectivity index (χ3v) is 4.11. The second kappa shape index (κ2) is 7.15. The maximum Gasteiger partial charge on any atom is 0.343 e. The van der Waals surface area contributed by atoms with Crippen LogP contribution < -0.4 is 0 Å². The Morgan fingerprint density at radius 2 is 1.60 bits per heavy atom. The van der Waals surface area contributed by atoms with E-state index in [1.165, 1.54) is 0 Å². The number of esters is 1. The number of carboxylic acid groups (broad SMARTS) is 2. The minimum atomic E-state index is -3.28. The van der Waals surface area contributed by atoms with Gasteiger partial charge >= 0.3 is 23.3 Å². The Kier molecular flexibility index (Phi) is 6.53. The molecule has 0 amide bonds. The minimum absolute atomic E-state index is 0.417. The summed E-state index contributed by atoms with van der Waals surface area (Å²) >= 11 is 0. The molecule has 1 unspecified atom stereocenters. The van der Waals surface area contributed by atoms with E-state index in [0.717, 1.165) is 0 Å². The summed E-state index contributed by atoms with van der Waals surface area (Å²) in [6.07, 6.45) is -1.00. The van der Waals surface area contributed by atoms with Crippen molar-refractivity contribution in [3.05, 3.63) is 0 Å². The first-order valence-electron chi connectivity index (χ1n) is 5.89. The van der Waals surface area contributed by atoms with E-state index in [-0.39, 0.29) is 0 Å². The van der Waals surface area contributed by atoms with Gasteiger partial charge in [-0.1, -0.05) is 13.1 Å². The van der Waals surface area contributed by atoms with Crippen LogP contribution in [-0.2, 0) is 23.9 Å². The summed E-state index contributed by atoms with van der Waals surface area (Å²) in [4.78, 5) is 45.0. The van der Waals surface area contributed by atoms with E-state index < -0.39 is 50.6 Å². The van der Waals surface area contributed by atoms with Crippen LogP contribution >= 0.6 is 0 Å². The zero-order valence-electron chi connectivity index (χ0n) is 11.5. The zero-order chi connectivity index (χ0) is 16.1. The van der Waals surface area contributed by atoms with Gasteiger partial charge in [0.1, 0.15) is 6.61 Å². The number of Topliss-reactive ketones (excluding diaryl/α,β-unsaturated/α-hetero) is 1. The average molecular weight is 306 g/mol. The largest absolute Gasteiger partial charge is 0.480 e. The van der Waals surface area contributed by atoms with Crippen LogP contribution in [0, 0.1) is 5.41 Å². The summed E-state index contributed by atoms with van der Waals surface area (Å²) in [6.45, 7) is 4.03. The molecule has 0 aliphatic rings. The molecular formula is C11H18O8Si. The Bertz CT molecular complexity index is 381. The van der Waals surface area contributed by atoms with Crippen molar-refractivity contribution in [2.24, 2.45) is 5.41 Å². The SMILES string of the molecule is CC(=O)C(C(=O)O)(C(=O)O)C(=O)OCC(O)C[SiH](C)C. The highest BCUT2D eigenvalue weighted by molar-refractivity contribution is 6.55. The van der Waals surface area contributed by atoms with Crippen LogP contribution in [0.15, 0.2) is 0 Å². The standard InChI is InChI=1S/C11H18O8Si/c1-6(12)11(8(14)15,9(16)17)10(18)19-4-7(13)5-20(2)3/h7,13,20H,4-5H2,1-3H3,(H,14,15)(H,16,17). The fourth-order valence-electron chi connectivity index (χ4n) is 1.60. The molecule has 0 saturated carbocycles. The molecule has 3 N–H and O–H groups in total. The number of hydrogen-bond donors (Lipinski definition) is 3. The number of carbonyl (C=O) groups excluding carboxylic acids is 2. The van der Waals surface area contributed by atoms with Gasteiger partial charge < -0.3 is 20.1 Å². The van der Waals surface area contributed by atoms with Crippen LogP contribution in [0.3, 0.4) is 0 Å². The number of carboxylic acids is 2. The van der Waals surface area contributed by atoms with Gasteiger partial charge in [0.05, 0.1) is 6.10 Å². The molecule has 0 bridgehead atoms. The van der Waals surface area contributed by atoms with Gasteiger partial charge in [0.15, 0.2) is 5.78 Å². The van der Waals surface area contributed by atoms with Crippen molar-refractivity contribution < 1.29 is 39.2 Å². The fourth-order valence-corrected chi connectivity index (χ4v) is 2.83. The normalized spacial score (nSPS) is 12.8. The lowest BCUT2D eigenvalue weighted by molar-refractivity contribution is -0.181. The highest BCUT2D eigenvalue weighted by atomic mass is 28.3. The van der Waals surface area contributed by atoms with Crippen molar-refractivity contribution in [2.75, 3.05) is 6.61 Å². The highest BCUT2D eigenvalue weighted by Gasteiger charge is 2.60. The van der Waals surface area contributed by atoms with Crippen molar-refractivity contribution in [2.45, 2.75) is 32.2 Å². The second-order valence-corrected chi connectivity index (χ2v) is 8.06. The molecule has 0 radical (unpaired) electrons. The van der Waals surface area contributed by atoms with Gasteiger partial charge in [-0.15, -0.1) is 0 Å². The number of aliphatic hydroxyl groups excluding tert-OH is 1. The van der Waals surface area contributed by atoms with Crippen molar-refractivity contribution >= 4 is 32.5 Å². The van der Waals surface area contributed by atoms with Crippen molar-refractivity contribution in [3.63, 3.8) is 0 Å². The average Bonchev–Trinajstić information content (AvgIpc) is 2.24. The predicted molar refractivity (Wildman–Crippen MR) is 69.0 cm³/mol. The molecule has 9 heteroatoms. The lowest BCUT2D eigenvalue weighted by Crippen LogP contribution is -2.53. The first-order valence-corrected chi connectivity index (χ1v) is 9.02. The summed E-state index contributed by atoms with van der Waals surface area (Å²) in [5.41, 5.74) is -3.28. The number of ether oxygens (including phenoxy) is 1. The second-order valence-electron chi connectivity index (χ2n) is 4.80. The smallest absolute Gasteiger partial charge is 0.343 e. The van der Waals surface area contributed by atoms with Crippen molar-refractivity contribution in [3.8, 4) is 0 Å². The number of ketones is 1.